The van der Waals surface area contributed by atoms with Gasteiger partial charge in [-0.1, -0.05) is 0 Å². The van der Waals surface area contributed by atoms with Gasteiger partial charge in [0.25, 0.3) is 0 Å². The lowest BCUT2D eigenvalue weighted by Crippen LogP contribution is -2.39. The van der Waals surface area contributed by atoms with E-state index in [2.05, 4.69) is 0 Å². The maximum atomic E-state index is 11.8. The fourth-order valence-electron chi connectivity index (χ4n) is 1.70. The summed E-state index contributed by atoms with van der Waals surface area (Å²) < 4.78 is 10.7. The van der Waals surface area contributed by atoms with Gasteiger partial charge in [0.1, 0.15) is 5.60 Å². The van der Waals surface area contributed by atoms with Gasteiger partial charge in [-0.3, -0.25) is 0 Å². The second-order valence-electron chi connectivity index (χ2n) is 5.25. The Bertz CT molecular complexity index is 229. The molecule has 0 bridgehead atoms. The summed E-state index contributed by atoms with van der Waals surface area (Å²) >= 11 is 0. The Morgan fingerprint density at radius 3 is 2.62 bits per heavy atom. The van der Waals surface area contributed by atoms with E-state index in [1.165, 1.54) is 0 Å². The Balaban J connectivity index is 2.43. The summed E-state index contributed by atoms with van der Waals surface area (Å²) in [5.41, 5.74) is -0.420. The van der Waals surface area contributed by atoms with E-state index in [0.717, 1.165) is 26.2 Å². The maximum absolute atomic E-state index is 11.8. The van der Waals surface area contributed by atoms with Gasteiger partial charge in [0, 0.05) is 25.6 Å². The number of amides is 1. The molecule has 0 spiro atoms. The molecule has 0 saturated carbocycles. The number of carbonyl (C=O) groups is 1. The highest BCUT2D eigenvalue weighted by Crippen LogP contribution is 2.16. The zero-order chi connectivity index (χ0) is 12.2. The highest BCUT2D eigenvalue weighted by Gasteiger charge is 2.25. The Labute approximate surface area is 97.9 Å². The molecule has 1 rings (SSSR count). The third-order valence-electron chi connectivity index (χ3n) is 2.54. The number of carbonyl (C=O) groups excluding carboxylic acids is 1. The predicted octanol–water partition coefficient (Wildman–Crippen LogP) is 2.28. The number of rotatable bonds is 3. The quantitative estimate of drug-likeness (QED) is 0.745. The van der Waals surface area contributed by atoms with Gasteiger partial charge in [0.05, 0.1) is 6.61 Å². The fraction of sp³-hybridized carbons (Fsp3) is 0.917. The van der Waals surface area contributed by atoms with Crippen LogP contribution in [0.2, 0.25) is 0 Å². The van der Waals surface area contributed by atoms with Crippen molar-refractivity contribution >= 4 is 6.09 Å². The molecule has 94 valence electrons. The summed E-state index contributed by atoms with van der Waals surface area (Å²) in [5.74, 6) is 0.465. The standard InChI is InChI=1S/C12H23NO3/c1-5-13(8-10-6-7-15-9-10)11(14)16-12(2,3)4/h10H,5-9H2,1-4H3. The van der Waals surface area contributed by atoms with Crippen LogP contribution in [0, 0.1) is 5.92 Å². The summed E-state index contributed by atoms with van der Waals surface area (Å²) in [4.78, 5) is 13.6. The number of hydrogen-bond acceptors (Lipinski definition) is 3. The molecule has 1 heterocycles. The number of nitrogens with zero attached hydrogens (tertiary/aromatic N) is 1. The van der Waals surface area contributed by atoms with Crippen LogP contribution >= 0.6 is 0 Å². The van der Waals surface area contributed by atoms with Crippen LogP contribution in [0.5, 0.6) is 0 Å². The van der Waals surface area contributed by atoms with Gasteiger partial charge in [0.2, 0.25) is 0 Å². The van der Waals surface area contributed by atoms with E-state index in [4.69, 9.17) is 9.47 Å². The van der Waals surface area contributed by atoms with Crippen LogP contribution in [-0.4, -0.2) is 42.9 Å². The minimum Gasteiger partial charge on any atom is -0.444 e. The number of hydrogen-bond donors (Lipinski definition) is 0. The van der Waals surface area contributed by atoms with Crippen LogP contribution in [0.4, 0.5) is 4.79 Å². The van der Waals surface area contributed by atoms with Gasteiger partial charge in [-0.25, -0.2) is 4.79 Å². The van der Waals surface area contributed by atoms with Gasteiger partial charge in [0.15, 0.2) is 0 Å². The third-order valence-corrected chi connectivity index (χ3v) is 2.54. The molecule has 0 radical (unpaired) electrons. The summed E-state index contributed by atoms with van der Waals surface area (Å²) in [6.45, 7) is 10.6. The van der Waals surface area contributed by atoms with Crippen LogP contribution in [0.1, 0.15) is 34.1 Å². The Morgan fingerprint density at radius 2 is 2.19 bits per heavy atom. The van der Waals surface area contributed by atoms with Crippen molar-refractivity contribution in [1.82, 2.24) is 4.90 Å². The van der Waals surface area contributed by atoms with Gasteiger partial charge < -0.3 is 14.4 Å². The number of ether oxygens (including phenoxy) is 2. The molecule has 0 aromatic carbocycles. The molecular formula is C12H23NO3. The van der Waals surface area contributed by atoms with E-state index < -0.39 is 5.60 Å². The Morgan fingerprint density at radius 1 is 1.50 bits per heavy atom. The van der Waals surface area contributed by atoms with E-state index in [-0.39, 0.29) is 6.09 Å². The smallest absolute Gasteiger partial charge is 0.410 e. The van der Waals surface area contributed by atoms with Crippen LogP contribution in [0.25, 0.3) is 0 Å². The van der Waals surface area contributed by atoms with Crippen molar-refractivity contribution < 1.29 is 14.3 Å². The second-order valence-corrected chi connectivity index (χ2v) is 5.25. The summed E-state index contributed by atoms with van der Waals surface area (Å²) in [7, 11) is 0. The van der Waals surface area contributed by atoms with E-state index in [9.17, 15) is 4.79 Å². The van der Waals surface area contributed by atoms with Crippen LogP contribution < -0.4 is 0 Å². The van der Waals surface area contributed by atoms with Crippen LogP contribution in [0.3, 0.4) is 0 Å². The van der Waals surface area contributed by atoms with Crippen molar-refractivity contribution in [1.29, 1.82) is 0 Å². The minimum atomic E-state index is -0.420. The van der Waals surface area contributed by atoms with Crippen molar-refractivity contribution in [3.63, 3.8) is 0 Å². The topological polar surface area (TPSA) is 38.8 Å². The normalized spacial score (nSPS) is 20.9. The highest BCUT2D eigenvalue weighted by atomic mass is 16.6. The summed E-state index contributed by atoms with van der Waals surface area (Å²) in [5, 5.41) is 0. The minimum absolute atomic E-state index is 0.220. The van der Waals surface area contributed by atoms with E-state index in [1.807, 2.05) is 27.7 Å². The molecule has 0 aromatic rings. The average Bonchev–Trinajstić information content (AvgIpc) is 2.63. The van der Waals surface area contributed by atoms with Crippen molar-refractivity contribution in [2.75, 3.05) is 26.3 Å². The van der Waals surface area contributed by atoms with Crippen molar-refractivity contribution in [3.05, 3.63) is 0 Å². The third kappa shape index (κ3) is 4.39. The van der Waals surface area contributed by atoms with Crippen molar-refractivity contribution in [3.8, 4) is 0 Å². The zero-order valence-electron chi connectivity index (χ0n) is 10.8. The maximum Gasteiger partial charge on any atom is 0.410 e. The largest absolute Gasteiger partial charge is 0.444 e. The Hall–Kier alpha value is -0.770. The van der Waals surface area contributed by atoms with Crippen LogP contribution in [0.15, 0.2) is 0 Å². The van der Waals surface area contributed by atoms with E-state index in [1.54, 1.807) is 4.90 Å². The predicted molar refractivity (Wildman–Crippen MR) is 62.4 cm³/mol. The molecule has 1 unspecified atom stereocenters. The molecule has 0 N–H and O–H groups in total. The van der Waals surface area contributed by atoms with Crippen LogP contribution in [-0.2, 0) is 9.47 Å². The van der Waals surface area contributed by atoms with E-state index >= 15 is 0 Å². The SMILES string of the molecule is CCN(CC1CCOC1)C(=O)OC(C)(C)C. The fourth-order valence-corrected chi connectivity index (χ4v) is 1.70. The Kier molecular flexibility index (Phi) is 4.59. The lowest BCUT2D eigenvalue weighted by molar-refractivity contribution is 0.0228. The lowest BCUT2D eigenvalue weighted by Gasteiger charge is -2.27. The van der Waals surface area contributed by atoms with Gasteiger partial charge in [-0.2, -0.15) is 0 Å². The summed E-state index contributed by atoms with van der Waals surface area (Å²) in [6.07, 6.45) is 0.821. The first kappa shape index (κ1) is 13.3. The first-order chi connectivity index (χ1) is 7.42. The summed E-state index contributed by atoms with van der Waals surface area (Å²) in [6, 6.07) is 0. The van der Waals surface area contributed by atoms with E-state index in [0.29, 0.717) is 12.5 Å². The van der Waals surface area contributed by atoms with Crippen molar-refractivity contribution in [2.24, 2.45) is 5.92 Å². The molecule has 1 atom stereocenters. The molecule has 1 aliphatic heterocycles. The highest BCUT2D eigenvalue weighted by molar-refractivity contribution is 5.68. The molecule has 0 aromatic heterocycles. The molecule has 4 nitrogen and oxygen atoms in total. The zero-order valence-corrected chi connectivity index (χ0v) is 10.8. The first-order valence-corrected chi connectivity index (χ1v) is 5.98. The molecule has 1 amide bonds. The first-order valence-electron chi connectivity index (χ1n) is 5.98. The van der Waals surface area contributed by atoms with Gasteiger partial charge in [-0.05, 0) is 34.1 Å². The van der Waals surface area contributed by atoms with Crippen molar-refractivity contribution in [2.45, 2.75) is 39.7 Å². The molecule has 16 heavy (non-hydrogen) atoms. The molecular weight excluding hydrogens is 206 g/mol. The lowest BCUT2D eigenvalue weighted by atomic mass is 10.1. The molecule has 1 saturated heterocycles. The molecule has 0 aliphatic carbocycles. The average molecular weight is 229 g/mol. The van der Waals surface area contributed by atoms with Gasteiger partial charge in [-0.15, -0.1) is 0 Å². The molecule has 1 aliphatic rings. The molecule has 1 fully saturated rings. The second kappa shape index (κ2) is 5.53. The van der Waals surface area contributed by atoms with Gasteiger partial charge >= 0.3 is 6.09 Å². The molecule has 4 heteroatoms. The monoisotopic (exact) mass is 229 g/mol.